The highest BCUT2D eigenvalue weighted by atomic mass is 35.5. The van der Waals surface area contributed by atoms with Crippen molar-refractivity contribution in [3.05, 3.63) is 89.2 Å². The van der Waals surface area contributed by atoms with Gasteiger partial charge < -0.3 is 5.32 Å². The summed E-state index contributed by atoms with van der Waals surface area (Å²) in [5, 5.41) is 3.50. The highest BCUT2D eigenvalue weighted by Crippen LogP contribution is 2.21. The largest absolute Gasteiger partial charge is 0.323 e. The summed E-state index contributed by atoms with van der Waals surface area (Å²) in [4.78, 5) is 16.4. The third-order valence-electron chi connectivity index (χ3n) is 3.75. The van der Waals surface area contributed by atoms with E-state index in [2.05, 4.69) is 10.3 Å². The van der Waals surface area contributed by atoms with Crippen LogP contribution < -0.4 is 5.32 Å². The van der Waals surface area contributed by atoms with Crippen molar-refractivity contribution < 1.29 is 4.79 Å². The third kappa shape index (κ3) is 4.94. The molecule has 3 aromatic rings. The van der Waals surface area contributed by atoms with Gasteiger partial charge in [-0.1, -0.05) is 41.9 Å². The number of halogens is 2. The molecule has 0 spiro atoms. The van der Waals surface area contributed by atoms with Gasteiger partial charge in [-0.25, -0.2) is 0 Å². The summed E-state index contributed by atoms with van der Waals surface area (Å²) in [6, 6.07) is 18.8. The van der Waals surface area contributed by atoms with Gasteiger partial charge >= 0.3 is 0 Å². The standard InChI is InChI=1S/C21H16Cl2N2O/c22-13-15-1-8-20(9-2-15)25-21(26)12-11-19-10-5-17(14-24-19)16-3-6-18(23)7-4-16/h1-12,14H,13H2,(H,25,26)/b12-11+. The lowest BCUT2D eigenvalue weighted by Crippen LogP contribution is -2.07. The van der Waals surface area contributed by atoms with Crippen molar-refractivity contribution in [3.63, 3.8) is 0 Å². The number of carbonyl (C=O) groups excluding carboxylic acids is 1. The highest BCUT2D eigenvalue weighted by Gasteiger charge is 2.00. The molecule has 0 aliphatic carbocycles. The van der Waals surface area contributed by atoms with Gasteiger partial charge in [0.05, 0.1) is 5.69 Å². The molecule has 0 atom stereocenters. The zero-order valence-electron chi connectivity index (χ0n) is 13.8. The van der Waals surface area contributed by atoms with Gasteiger partial charge in [0.2, 0.25) is 5.91 Å². The first-order valence-corrected chi connectivity index (χ1v) is 8.91. The van der Waals surface area contributed by atoms with E-state index in [1.54, 1.807) is 12.3 Å². The Labute approximate surface area is 162 Å². The molecule has 1 N–H and O–H groups in total. The molecule has 0 saturated carbocycles. The van der Waals surface area contributed by atoms with Crippen molar-refractivity contribution in [3.8, 4) is 11.1 Å². The van der Waals surface area contributed by atoms with E-state index < -0.39 is 0 Å². The SMILES string of the molecule is O=C(/C=C/c1ccc(-c2ccc(Cl)cc2)cn1)Nc1ccc(CCl)cc1. The summed E-state index contributed by atoms with van der Waals surface area (Å²) in [6.07, 6.45) is 4.90. The molecule has 2 aromatic carbocycles. The third-order valence-corrected chi connectivity index (χ3v) is 4.31. The molecule has 1 amide bonds. The summed E-state index contributed by atoms with van der Waals surface area (Å²) in [5.74, 6) is 0.235. The van der Waals surface area contributed by atoms with Crippen molar-refractivity contribution in [1.82, 2.24) is 4.98 Å². The predicted octanol–water partition coefficient (Wildman–Crippen LogP) is 5.79. The second kappa shape index (κ2) is 8.65. The van der Waals surface area contributed by atoms with Gasteiger partial charge in [-0.15, -0.1) is 11.6 Å². The number of benzene rings is 2. The smallest absolute Gasteiger partial charge is 0.248 e. The van der Waals surface area contributed by atoms with E-state index in [1.807, 2.05) is 60.7 Å². The van der Waals surface area contributed by atoms with Gasteiger partial charge in [0.15, 0.2) is 0 Å². The molecule has 130 valence electrons. The molecule has 0 aliphatic rings. The second-order valence-corrected chi connectivity index (χ2v) is 6.34. The van der Waals surface area contributed by atoms with Crippen LogP contribution in [0, 0.1) is 0 Å². The predicted molar refractivity (Wildman–Crippen MR) is 108 cm³/mol. The summed E-state index contributed by atoms with van der Waals surface area (Å²) in [7, 11) is 0. The number of alkyl halides is 1. The zero-order chi connectivity index (χ0) is 18.4. The molecule has 26 heavy (non-hydrogen) atoms. The van der Waals surface area contributed by atoms with Gasteiger partial charge in [-0.3, -0.25) is 9.78 Å². The topological polar surface area (TPSA) is 42.0 Å². The molecule has 1 heterocycles. The average Bonchev–Trinajstić information content (AvgIpc) is 2.68. The molecule has 0 bridgehead atoms. The molecule has 3 rings (SSSR count). The number of carbonyl (C=O) groups is 1. The number of aromatic nitrogens is 1. The van der Waals surface area contributed by atoms with Crippen molar-refractivity contribution in [2.75, 3.05) is 5.32 Å². The van der Waals surface area contributed by atoms with E-state index in [0.717, 1.165) is 22.4 Å². The molecule has 3 nitrogen and oxygen atoms in total. The van der Waals surface area contributed by atoms with E-state index in [4.69, 9.17) is 23.2 Å². The Balaban J connectivity index is 1.62. The fraction of sp³-hybridized carbons (Fsp3) is 0.0476. The Morgan fingerprint density at radius 2 is 1.65 bits per heavy atom. The summed E-state index contributed by atoms with van der Waals surface area (Å²) >= 11 is 11.6. The number of pyridine rings is 1. The van der Waals surface area contributed by atoms with Crippen LogP contribution in [0.2, 0.25) is 5.02 Å². The number of hydrogen-bond acceptors (Lipinski definition) is 2. The molecule has 0 unspecified atom stereocenters. The molecular weight excluding hydrogens is 367 g/mol. The first kappa shape index (κ1) is 18.2. The molecule has 5 heteroatoms. The number of hydrogen-bond donors (Lipinski definition) is 1. The first-order chi connectivity index (χ1) is 12.6. The van der Waals surface area contributed by atoms with E-state index >= 15 is 0 Å². The van der Waals surface area contributed by atoms with Crippen LogP contribution in [0.15, 0.2) is 72.9 Å². The zero-order valence-corrected chi connectivity index (χ0v) is 15.3. The van der Waals surface area contributed by atoms with Gasteiger partial charge in [-0.2, -0.15) is 0 Å². The lowest BCUT2D eigenvalue weighted by Gasteiger charge is -2.03. The van der Waals surface area contributed by atoms with Crippen LogP contribution in [0.25, 0.3) is 17.2 Å². The van der Waals surface area contributed by atoms with E-state index in [-0.39, 0.29) is 5.91 Å². The number of nitrogens with one attached hydrogen (secondary N) is 1. The van der Waals surface area contributed by atoms with Crippen molar-refractivity contribution in [2.45, 2.75) is 5.88 Å². The van der Waals surface area contributed by atoms with Gasteiger partial charge in [0, 0.05) is 34.4 Å². The number of amides is 1. The maximum atomic E-state index is 12.0. The Morgan fingerprint density at radius 3 is 2.27 bits per heavy atom. The molecule has 0 aliphatic heterocycles. The number of rotatable bonds is 5. The maximum Gasteiger partial charge on any atom is 0.248 e. The normalized spacial score (nSPS) is 10.8. The van der Waals surface area contributed by atoms with Crippen LogP contribution in [0.4, 0.5) is 5.69 Å². The van der Waals surface area contributed by atoms with Crippen LogP contribution in [0.1, 0.15) is 11.3 Å². The summed E-state index contributed by atoms with van der Waals surface area (Å²) < 4.78 is 0. The van der Waals surface area contributed by atoms with E-state index in [1.165, 1.54) is 6.08 Å². The van der Waals surface area contributed by atoms with Gasteiger partial charge in [0.1, 0.15) is 0 Å². The quantitative estimate of drug-likeness (QED) is 0.447. The van der Waals surface area contributed by atoms with Crippen molar-refractivity contribution >= 4 is 40.9 Å². The average molecular weight is 383 g/mol. The molecule has 1 aromatic heterocycles. The van der Waals surface area contributed by atoms with E-state index in [0.29, 0.717) is 16.6 Å². The van der Waals surface area contributed by atoms with Crippen LogP contribution in [0.3, 0.4) is 0 Å². The molecular formula is C21H16Cl2N2O. The number of anilines is 1. The summed E-state index contributed by atoms with van der Waals surface area (Å²) in [6.45, 7) is 0. The van der Waals surface area contributed by atoms with Gasteiger partial charge in [-0.05, 0) is 47.5 Å². The van der Waals surface area contributed by atoms with Crippen molar-refractivity contribution in [2.24, 2.45) is 0 Å². The maximum absolute atomic E-state index is 12.0. The van der Waals surface area contributed by atoms with E-state index in [9.17, 15) is 4.79 Å². The minimum Gasteiger partial charge on any atom is -0.323 e. The minimum absolute atomic E-state index is 0.216. The molecule has 0 radical (unpaired) electrons. The highest BCUT2D eigenvalue weighted by molar-refractivity contribution is 6.30. The monoisotopic (exact) mass is 382 g/mol. The minimum atomic E-state index is -0.216. The molecule has 0 fully saturated rings. The number of nitrogens with zero attached hydrogens (tertiary/aromatic N) is 1. The van der Waals surface area contributed by atoms with Crippen molar-refractivity contribution in [1.29, 1.82) is 0 Å². The van der Waals surface area contributed by atoms with Crippen LogP contribution >= 0.6 is 23.2 Å². The molecule has 0 saturated heterocycles. The van der Waals surface area contributed by atoms with Crippen LogP contribution in [-0.4, -0.2) is 10.9 Å². The van der Waals surface area contributed by atoms with Crippen LogP contribution in [-0.2, 0) is 10.7 Å². The summed E-state index contributed by atoms with van der Waals surface area (Å²) in [5.41, 5.74) is 4.46. The Hall–Kier alpha value is -2.62. The second-order valence-electron chi connectivity index (χ2n) is 5.63. The lowest BCUT2D eigenvalue weighted by molar-refractivity contribution is -0.111. The first-order valence-electron chi connectivity index (χ1n) is 8.00. The Kier molecular flexibility index (Phi) is 6.05. The Bertz CT molecular complexity index is 902. The fourth-order valence-corrected chi connectivity index (χ4v) is 2.64. The Morgan fingerprint density at radius 1 is 0.962 bits per heavy atom. The van der Waals surface area contributed by atoms with Crippen LogP contribution in [0.5, 0.6) is 0 Å². The fourth-order valence-electron chi connectivity index (χ4n) is 2.34. The lowest BCUT2D eigenvalue weighted by atomic mass is 10.1. The van der Waals surface area contributed by atoms with Gasteiger partial charge in [0.25, 0.3) is 0 Å².